The first-order valence-electron chi connectivity index (χ1n) is 5.47. The lowest BCUT2D eigenvalue weighted by Gasteiger charge is -2.06. The molecule has 0 atom stereocenters. The van der Waals surface area contributed by atoms with Crippen LogP contribution in [0, 0.1) is 5.82 Å². The zero-order chi connectivity index (χ0) is 13.6. The topological polar surface area (TPSA) is 75.3 Å². The minimum atomic E-state index is -3.68. The average molecular weight is 274 g/mol. The van der Waals surface area contributed by atoms with Crippen molar-refractivity contribution in [1.29, 1.82) is 0 Å². The van der Waals surface area contributed by atoms with Gasteiger partial charge in [0.2, 0.25) is 15.9 Å². The number of amides is 1. The first-order chi connectivity index (χ1) is 8.45. The minimum Gasteiger partial charge on any atom is -0.356 e. The lowest BCUT2D eigenvalue weighted by Crippen LogP contribution is -2.30. The van der Waals surface area contributed by atoms with Gasteiger partial charge >= 0.3 is 0 Å². The third-order valence-electron chi connectivity index (χ3n) is 2.14. The summed E-state index contributed by atoms with van der Waals surface area (Å²) in [6.07, 6.45) is 0.0638. The van der Waals surface area contributed by atoms with Crippen molar-refractivity contribution in [3.05, 3.63) is 30.1 Å². The highest BCUT2D eigenvalue weighted by Gasteiger charge is 2.13. The Hall–Kier alpha value is -1.47. The highest BCUT2D eigenvalue weighted by Crippen LogP contribution is 2.09. The third-order valence-corrected chi connectivity index (χ3v) is 3.62. The smallest absolute Gasteiger partial charge is 0.240 e. The Morgan fingerprint density at radius 3 is 2.44 bits per heavy atom. The van der Waals surface area contributed by atoms with E-state index < -0.39 is 15.8 Å². The van der Waals surface area contributed by atoms with E-state index in [1.807, 2.05) is 0 Å². The monoisotopic (exact) mass is 274 g/mol. The fourth-order valence-corrected chi connectivity index (χ4v) is 2.31. The Morgan fingerprint density at radius 2 is 1.89 bits per heavy atom. The van der Waals surface area contributed by atoms with Crippen LogP contribution in [0.2, 0.25) is 0 Å². The molecule has 0 aromatic heterocycles. The van der Waals surface area contributed by atoms with Gasteiger partial charge in [-0.05, 0) is 31.2 Å². The molecule has 2 N–H and O–H groups in total. The van der Waals surface area contributed by atoms with Crippen molar-refractivity contribution in [2.24, 2.45) is 0 Å². The summed E-state index contributed by atoms with van der Waals surface area (Å²) in [5.74, 6) is -0.726. The number of halogens is 1. The second kappa shape index (κ2) is 6.46. The van der Waals surface area contributed by atoms with Crippen molar-refractivity contribution in [3.8, 4) is 0 Å². The van der Waals surface area contributed by atoms with Crippen LogP contribution in [0.4, 0.5) is 4.39 Å². The molecular formula is C11H15FN2O3S. The summed E-state index contributed by atoms with van der Waals surface area (Å²) in [7, 11) is -3.68. The van der Waals surface area contributed by atoms with Crippen molar-refractivity contribution in [1.82, 2.24) is 10.0 Å². The zero-order valence-electron chi connectivity index (χ0n) is 9.94. The van der Waals surface area contributed by atoms with Gasteiger partial charge in [0.15, 0.2) is 0 Å². The SMILES string of the molecule is CCNC(=O)CCNS(=O)(=O)c1ccc(F)cc1. The molecule has 1 aromatic carbocycles. The van der Waals surface area contributed by atoms with Gasteiger partial charge in [-0.3, -0.25) is 4.79 Å². The van der Waals surface area contributed by atoms with E-state index in [-0.39, 0.29) is 23.8 Å². The van der Waals surface area contributed by atoms with Gasteiger partial charge in [0.25, 0.3) is 0 Å². The predicted molar refractivity (Wildman–Crippen MR) is 64.9 cm³/mol. The average Bonchev–Trinajstić information content (AvgIpc) is 2.29. The van der Waals surface area contributed by atoms with Crippen molar-refractivity contribution >= 4 is 15.9 Å². The van der Waals surface area contributed by atoms with Gasteiger partial charge in [-0.25, -0.2) is 17.5 Å². The van der Waals surface area contributed by atoms with Gasteiger partial charge in [0, 0.05) is 19.5 Å². The molecule has 0 spiro atoms. The van der Waals surface area contributed by atoms with Crippen LogP contribution in [0.25, 0.3) is 0 Å². The lowest BCUT2D eigenvalue weighted by atomic mass is 10.4. The van der Waals surface area contributed by atoms with Crippen molar-refractivity contribution in [3.63, 3.8) is 0 Å². The van der Waals surface area contributed by atoms with E-state index in [4.69, 9.17) is 0 Å². The van der Waals surface area contributed by atoms with E-state index in [2.05, 4.69) is 10.0 Å². The Bertz CT molecular complexity index is 500. The molecule has 5 nitrogen and oxygen atoms in total. The number of rotatable bonds is 6. The summed E-state index contributed by atoms with van der Waals surface area (Å²) >= 11 is 0. The van der Waals surface area contributed by atoms with Crippen LogP contribution in [0.5, 0.6) is 0 Å². The zero-order valence-corrected chi connectivity index (χ0v) is 10.8. The van der Waals surface area contributed by atoms with Crippen LogP contribution in [0.15, 0.2) is 29.2 Å². The van der Waals surface area contributed by atoms with Crippen molar-refractivity contribution in [2.45, 2.75) is 18.2 Å². The van der Waals surface area contributed by atoms with Gasteiger partial charge in [0.1, 0.15) is 5.82 Å². The first-order valence-corrected chi connectivity index (χ1v) is 6.96. The molecule has 1 amide bonds. The summed E-state index contributed by atoms with van der Waals surface area (Å²) in [6, 6.07) is 4.48. The second-order valence-corrected chi connectivity index (χ2v) is 5.32. The fraction of sp³-hybridized carbons (Fsp3) is 0.364. The third kappa shape index (κ3) is 4.42. The maximum absolute atomic E-state index is 12.6. The molecule has 0 aliphatic carbocycles. The van der Waals surface area contributed by atoms with Crippen LogP contribution in [0.1, 0.15) is 13.3 Å². The van der Waals surface area contributed by atoms with E-state index >= 15 is 0 Å². The molecular weight excluding hydrogens is 259 g/mol. The number of hydrogen-bond donors (Lipinski definition) is 2. The largest absolute Gasteiger partial charge is 0.356 e. The Kier molecular flexibility index (Phi) is 5.24. The minimum absolute atomic E-state index is 0.00550. The summed E-state index contributed by atoms with van der Waals surface area (Å²) in [4.78, 5) is 11.1. The maximum atomic E-state index is 12.6. The quantitative estimate of drug-likeness (QED) is 0.799. The Morgan fingerprint density at radius 1 is 1.28 bits per heavy atom. The summed E-state index contributed by atoms with van der Waals surface area (Å²) in [5, 5.41) is 2.56. The van der Waals surface area contributed by atoms with E-state index in [1.165, 1.54) is 12.1 Å². The van der Waals surface area contributed by atoms with E-state index in [9.17, 15) is 17.6 Å². The number of sulfonamides is 1. The standard InChI is InChI=1S/C11H15FN2O3S/c1-2-13-11(15)7-8-14-18(16,17)10-5-3-9(12)4-6-10/h3-6,14H,2,7-8H2,1H3,(H,13,15). The summed E-state index contributed by atoms with van der Waals surface area (Å²) < 4.78 is 38.4. The molecule has 1 rings (SSSR count). The number of hydrogen-bond acceptors (Lipinski definition) is 3. The number of carbonyl (C=O) groups is 1. The maximum Gasteiger partial charge on any atom is 0.240 e. The van der Waals surface area contributed by atoms with Crippen LogP contribution in [-0.4, -0.2) is 27.4 Å². The molecule has 0 aliphatic rings. The molecule has 0 saturated heterocycles. The van der Waals surface area contributed by atoms with Crippen LogP contribution >= 0.6 is 0 Å². The summed E-state index contributed by atoms with van der Waals surface area (Å²) in [5.41, 5.74) is 0. The molecule has 0 aliphatic heterocycles. The first kappa shape index (κ1) is 14.6. The molecule has 0 radical (unpaired) electrons. The molecule has 0 fully saturated rings. The Labute approximate surface area is 105 Å². The highest BCUT2D eigenvalue weighted by molar-refractivity contribution is 7.89. The highest BCUT2D eigenvalue weighted by atomic mass is 32.2. The molecule has 1 aromatic rings. The molecule has 0 bridgehead atoms. The van der Waals surface area contributed by atoms with E-state index in [0.29, 0.717) is 6.54 Å². The van der Waals surface area contributed by atoms with E-state index in [1.54, 1.807) is 6.92 Å². The van der Waals surface area contributed by atoms with Crippen LogP contribution < -0.4 is 10.0 Å². The molecule has 100 valence electrons. The van der Waals surface area contributed by atoms with Gasteiger partial charge < -0.3 is 5.32 Å². The number of carbonyl (C=O) groups excluding carboxylic acids is 1. The van der Waals surface area contributed by atoms with Crippen LogP contribution in [0.3, 0.4) is 0 Å². The van der Waals surface area contributed by atoms with Crippen LogP contribution in [-0.2, 0) is 14.8 Å². The summed E-state index contributed by atoms with van der Waals surface area (Å²) in [6.45, 7) is 2.29. The molecule has 0 heterocycles. The van der Waals surface area contributed by atoms with Gasteiger partial charge in [-0.1, -0.05) is 0 Å². The second-order valence-electron chi connectivity index (χ2n) is 3.56. The molecule has 18 heavy (non-hydrogen) atoms. The fourth-order valence-electron chi connectivity index (χ4n) is 1.28. The normalized spacial score (nSPS) is 11.2. The van der Waals surface area contributed by atoms with Gasteiger partial charge in [0.05, 0.1) is 4.90 Å². The van der Waals surface area contributed by atoms with Crippen molar-refractivity contribution < 1.29 is 17.6 Å². The number of nitrogens with one attached hydrogen (secondary N) is 2. The molecule has 7 heteroatoms. The van der Waals surface area contributed by atoms with Gasteiger partial charge in [-0.2, -0.15) is 0 Å². The van der Waals surface area contributed by atoms with Crippen molar-refractivity contribution in [2.75, 3.05) is 13.1 Å². The Balaban J connectivity index is 2.55. The molecule has 0 saturated carbocycles. The van der Waals surface area contributed by atoms with Gasteiger partial charge in [-0.15, -0.1) is 0 Å². The lowest BCUT2D eigenvalue weighted by molar-refractivity contribution is -0.120. The predicted octanol–water partition coefficient (Wildman–Crippen LogP) is 0.630. The molecule has 0 unspecified atom stereocenters. The van der Waals surface area contributed by atoms with E-state index in [0.717, 1.165) is 12.1 Å². The number of benzene rings is 1.